The van der Waals surface area contributed by atoms with Crippen molar-refractivity contribution in [3.8, 4) is 22.6 Å². The molecule has 3 heteroatoms. The lowest BCUT2D eigenvalue weighted by Gasteiger charge is -2.43. The Labute approximate surface area is 315 Å². The highest BCUT2D eigenvalue weighted by atomic mass is 16.5. The fourth-order valence-electron chi connectivity index (χ4n) is 9.53. The normalized spacial score (nSPS) is 21.6. The van der Waals surface area contributed by atoms with Gasteiger partial charge in [0, 0.05) is 39.8 Å². The molecule has 54 heavy (non-hydrogen) atoms. The predicted molar refractivity (Wildman–Crippen MR) is 220 cm³/mol. The van der Waals surface area contributed by atoms with Crippen molar-refractivity contribution in [3.05, 3.63) is 233 Å². The van der Waals surface area contributed by atoms with Crippen LogP contribution in [0.5, 0.6) is 11.5 Å². The van der Waals surface area contributed by atoms with Gasteiger partial charge in [0.05, 0.1) is 11.1 Å². The molecule has 0 fully saturated rings. The number of fused-ring (bicyclic) bond motifs is 10. The third-order valence-electron chi connectivity index (χ3n) is 11.9. The Morgan fingerprint density at radius 2 is 1.26 bits per heavy atom. The van der Waals surface area contributed by atoms with Crippen molar-refractivity contribution >= 4 is 22.2 Å². The molecule has 0 radical (unpaired) electrons. The number of aliphatic imine (C=N–C) groups is 1. The van der Waals surface area contributed by atoms with E-state index in [0.29, 0.717) is 5.92 Å². The van der Waals surface area contributed by atoms with Crippen LogP contribution in [0.15, 0.2) is 199 Å². The first-order valence-electron chi connectivity index (χ1n) is 18.8. The molecule has 4 unspecified atom stereocenters. The minimum atomic E-state index is -0.373. The van der Waals surface area contributed by atoms with Crippen LogP contribution < -0.4 is 10.1 Å². The average Bonchev–Trinajstić information content (AvgIpc) is 3.54. The molecular weight excluding hydrogens is 657 g/mol. The quantitative estimate of drug-likeness (QED) is 0.199. The Morgan fingerprint density at radius 3 is 2.17 bits per heavy atom. The number of rotatable bonds is 4. The summed E-state index contributed by atoms with van der Waals surface area (Å²) < 4.78 is 6.97. The van der Waals surface area contributed by atoms with Crippen LogP contribution >= 0.6 is 0 Å². The van der Waals surface area contributed by atoms with Gasteiger partial charge in [-0.2, -0.15) is 0 Å². The number of para-hydroxylation sites is 2. The fourth-order valence-corrected chi connectivity index (χ4v) is 9.53. The van der Waals surface area contributed by atoms with Crippen LogP contribution in [0.25, 0.3) is 27.6 Å². The number of allylic oxidation sites excluding steroid dienone is 5. The lowest BCUT2D eigenvalue weighted by molar-refractivity contribution is 0.375. The van der Waals surface area contributed by atoms with Gasteiger partial charge in [-0.3, -0.25) is 4.99 Å². The molecule has 2 aliphatic heterocycles. The predicted octanol–water partition coefficient (Wildman–Crippen LogP) is 11.9. The smallest absolute Gasteiger partial charge is 0.145 e. The van der Waals surface area contributed by atoms with Crippen molar-refractivity contribution in [2.45, 2.75) is 17.5 Å². The van der Waals surface area contributed by atoms with Crippen molar-refractivity contribution in [1.82, 2.24) is 5.32 Å². The molecule has 2 heterocycles. The van der Waals surface area contributed by atoms with Crippen molar-refractivity contribution in [2.75, 3.05) is 0 Å². The van der Waals surface area contributed by atoms with E-state index in [0.717, 1.165) is 45.2 Å². The molecule has 4 atom stereocenters. The third kappa shape index (κ3) is 4.58. The lowest BCUT2D eigenvalue weighted by Crippen LogP contribution is -2.37. The molecule has 0 saturated heterocycles. The second kappa shape index (κ2) is 12.2. The van der Waals surface area contributed by atoms with E-state index < -0.39 is 0 Å². The molecule has 11 rings (SSSR count). The van der Waals surface area contributed by atoms with E-state index in [1.165, 1.54) is 38.6 Å². The SMILES string of the molecule is C1=CC2c3ccccc3C3(c4ccccc4Oc4c(-c5ccc(C6N=C(c7ccccc7)C=C(c7cccc8ccccc78)N6)cc5)cccc43)C2C=C1. The highest BCUT2D eigenvalue weighted by molar-refractivity contribution is 6.14. The van der Waals surface area contributed by atoms with Gasteiger partial charge in [0.1, 0.15) is 17.7 Å². The third-order valence-corrected chi connectivity index (χ3v) is 11.9. The van der Waals surface area contributed by atoms with Crippen LogP contribution in [0.3, 0.4) is 0 Å². The average molecular weight is 693 g/mol. The number of ether oxygens (including phenoxy) is 1. The summed E-state index contributed by atoms with van der Waals surface area (Å²) in [7, 11) is 0. The molecule has 7 aromatic carbocycles. The van der Waals surface area contributed by atoms with Crippen molar-refractivity contribution < 1.29 is 4.74 Å². The summed E-state index contributed by atoms with van der Waals surface area (Å²) in [5.41, 5.74) is 12.4. The Morgan fingerprint density at radius 1 is 0.556 bits per heavy atom. The maximum Gasteiger partial charge on any atom is 0.145 e. The Hall–Kier alpha value is -6.71. The number of nitrogens with zero attached hydrogens (tertiary/aromatic N) is 1. The summed E-state index contributed by atoms with van der Waals surface area (Å²) >= 11 is 0. The Balaban J connectivity index is 1.02. The number of hydrogen-bond acceptors (Lipinski definition) is 3. The van der Waals surface area contributed by atoms with E-state index in [1.807, 2.05) is 0 Å². The minimum Gasteiger partial charge on any atom is -0.456 e. The molecule has 4 aliphatic rings. The van der Waals surface area contributed by atoms with Gasteiger partial charge >= 0.3 is 0 Å². The monoisotopic (exact) mass is 692 g/mol. The van der Waals surface area contributed by atoms with Gasteiger partial charge in [-0.15, -0.1) is 0 Å². The van der Waals surface area contributed by atoms with Crippen molar-refractivity contribution in [3.63, 3.8) is 0 Å². The van der Waals surface area contributed by atoms with Crippen LogP contribution in [0.2, 0.25) is 0 Å². The van der Waals surface area contributed by atoms with Crippen LogP contribution in [-0.2, 0) is 5.41 Å². The maximum atomic E-state index is 6.97. The molecule has 0 aromatic heterocycles. The van der Waals surface area contributed by atoms with Crippen LogP contribution in [0.4, 0.5) is 0 Å². The van der Waals surface area contributed by atoms with E-state index in [1.54, 1.807) is 0 Å². The van der Waals surface area contributed by atoms with E-state index in [9.17, 15) is 0 Å². The van der Waals surface area contributed by atoms with Gasteiger partial charge < -0.3 is 10.1 Å². The molecular formula is C51H36N2O. The minimum absolute atomic E-state index is 0.236. The lowest BCUT2D eigenvalue weighted by atomic mass is 9.61. The molecule has 1 spiro atoms. The largest absolute Gasteiger partial charge is 0.456 e. The van der Waals surface area contributed by atoms with Gasteiger partial charge in [-0.05, 0) is 50.7 Å². The zero-order chi connectivity index (χ0) is 35.6. The van der Waals surface area contributed by atoms with E-state index >= 15 is 0 Å². The summed E-state index contributed by atoms with van der Waals surface area (Å²) in [6.45, 7) is 0. The number of benzene rings is 7. The summed E-state index contributed by atoms with van der Waals surface area (Å²) in [6, 6.07) is 58.8. The fraction of sp³-hybridized carbons (Fsp3) is 0.0784. The Kier molecular flexibility index (Phi) is 6.96. The van der Waals surface area contributed by atoms with Crippen LogP contribution in [0, 0.1) is 5.92 Å². The molecule has 2 aliphatic carbocycles. The van der Waals surface area contributed by atoms with Gasteiger partial charge in [0.2, 0.25) is 0 Å². The van der Waals surface area contributed by atoms with Gasteiger partial charge in [-0.1, -0.05) is 182 Å². The van der Waals surface area contributed by atoms with Gasteiger partial charge in [0.25, 0.3) is 0 Å². The van der Waals surface area contributed by atoms with Gasteiger partial charge in [0.15, 0.2) is 0 Å². The highest BCUT2D eigenvalue weighted by Gasteiger charge is 2.56. The van der Waals surface area contributed by atoms with E-state index in [-0.39, 0.29) is 17.5 Å². The molecule has 0 bridgehead atoms. The molecule has 1 N–H and O–H groups in total. The van der Waals surface area contributed by atoms with Crippen LogP contribution in [-0.4, -0.2) is 5.71 Å². The standard InChI is InChI=1S/C51H36N2O/c1-2-15-35(16-3-1)46-32-47(41-22-12-17-33-14-4-5-18-37(33)41)53-50(52-46)36-30-28-34(29-31-36)38-21-13-26-45-49(38)54-48-27-11-10-25-44(48)51(45)42-23-8-6-19-39(42)40-20-7-9-24-43(40)51/h1-32,39,42,50,53H. The molecule has 7 aromatic rings. The number of hydrogen-bond donors (Lipinski definition) is 1. The summed E-state index contributed by atoms with van der Waals surface area (Å²) in [4.78, 5) is 5.28. The molecule has 0 amide bonds. The van der Waals surface area contributed by atoms with Crippen LogP contribution in [0.1, 0.15) is 51.0 Å². The van der Waals surface area contributed by atoms with Crippen molar-refractivity contribution in [1.29, 1.82) is 0 Å². The van der Waals surface area contributed by atoms with E-state index in [4.69, 9.17) is 9.73 Å². The van der Waals surface area contributed by atoms with E-state index in [2.05, 4.69) is 199 Å². The molecule has 0 saturated carbocycles. The number of nitrogens with one attached hydrogen (secondary N) is 1. The second-order valence-electron chi connectivity index (χ2n) is 14.6. The summed E-state index contributed by atoms with van der Waals surface area (Å²) in [5.74, 6) is 2.39. The molecule has 3 nitrogen and oxygen atoms in total. The first-order valence-corrected chi connectivity index (χ1v) is 18.8. The maximum absolute atomic E-state index is 6.97. The zero-order valence-corrected chi connectivity index (χ0v) is 29.6. The van der Waals surface area contributed by atoms with Gasteiger partial charge in [-0.25, -0.2) is 0 Å². The first-order chi connectivity index (χ1) is 26.8. The summed E-state index contributed by atoms with van der Waals surface area (Å²) in [6.07, 6.45) is 11.1. The highest BCUT2D eigenvalue weighted by Crippen LogP contribution is 2.65. The topological polar surface area (TPSA) is 33.6 Å². The second-order valence-corrected chi connectivity index (χ2v) is 14.6. The summed E-state index contributed by atoms with van der Waals surface area (Å²) in [5, 5.41) is 6.23. The van der Waals surface area contributed by atoms with Crippen molar-refractivity contribution in [2.24, 2.45) is 10.9 Å². The zero-order valence-electron chi connectivity index (χ0n) is 29.6. The first kappa shape index (κ1) is 30.9. The Bertz CT molecular complexity index is 2730. The molecule has 256 valence electrons.